The lowest BCUT2D eigenvalue weighted by Crippen LogP contribution is -2.36. The molecule has 0 atom stereocenters. The molecule has 1 heterocycles. The Balaban J connectivity index is 2.35. The Morgan fingerprint density at radius 2 is 1.85 bits per heavy atom. The first kappa shape index (κ1) is 14.7. The third kappa shape index (κ3) is 3.05. The van der Waals surface area contributed by atoms with Crippen molar-refractivity contribution in [3.05, 3.63) is 59.9 Å². The zero-order chi connectivity index (χ0) is 14.8. The molecule has 0 aliphatic rings. The number of aromatic nitrogens is 1. The van der Waals surface area contributed by atoms with E-state index in [1.54, 1.807) is 18.2 Å². The molecule has 0 radical (unpaired) electrons. The van der Waals surface area contributed by atoms with Gasteiger partial charge in [0.2, 0.25) is 10.0 Å². The number of pyridine rings is 1. The zero-order valence-corrected chi connectivity index (χ0v) is 12.8. The first-order chi connectivity index (χ1) is 9.41. The van der Waals surface area contributed by atoms with Crippen LogP contribution in [0.2, 0.25) is 0 Å². The second-order valence-electron chi connectivity index (χ2n) is 4.90. The third-order valence-corrected chi connectivity index (χ3v) is 5.01. The summed E-state index contributed by atoms with van der Waals surface area (Å²) in [4.78, 5) is 0.328. The Morgan fingerprint density at radius 1 is 1.10 bits per heavy atom. The van der Waals surface area contributed by atoms with Crippen LogP contribution in [-0.4, -0.2) is 26.8 Å². The molecule has 0 N–H and O–H groups in total. The number of hydrogen-bond acceptors (Lipinski definition) is 2. The summed E-state index contributed by atoms with van der Waals surface area (Å²) in [5.41, 5.74) is 2.10. The molecule has 0 unspecified atom stereocenters. The highest BCUT2D eigenvalue weighted by Crippen LogP contribution is 2.14. The van der Waals surface area contributed by atoms with Gasteiger partial charge in [-0.2, -0.15) is 4.57 Å². The maximum absolute atomic E-state index is 12.1. The van der Waals surface area contributed by atoms with Crippen molar-refractivity contribution < 1.29 is 13.0 Å². The fourth-order valence-corrected chi connectivity index (χ4v) is 2.92. The van der Waals surface area contributed by atoms with E-state index in [2.05, 4.69) is 4.57 Å². The van der Waals surface area contributed by atoms with Crippen LogP contribution in [0.3, 0.4) is 0 Å². The number of hydrogen-bond donors (Lipinski definition) is 0. The monoisotopic (exact) mass is 291 g/mol. The molecular formula is C15H19N2O2S+. The lowest BCUT2D eigenvalue weighted by molar-refractivity contribution is -0.694. The molecule has 0 aliphatic heterocycles. The number of rotatable bonds is 4. The molecule has 4 nitrogen and oxygen atoms in total. The van der Waals surface area contributed by atoms with Crippen molar-refractivity contribution in [3.8, 4) is 0 Å². The van der Waals surface area contributed by atoms with Crippen LogP contribution in [0.5, 0.6) is 0 Å². The van der Waals surface area contributed by atoms with Crippen LogP contribution in [-0.2, 0) is 16.6 Å². The van der Waals surface area contributed by atoms with Crippen LogP contribution in [0, 0.1) is 6.92 Å². The van der Waals surface area contributed by atoms with Crippen LogP contribution >= 0.6 is 0 Å². The Hall–Kier alpha value is -1.72. The van der Waals surface area contributed by atoms with E-state index in [1.165, 1.54) is 18.4 Å². The van der Waals surface area contributed by atoms with Crippen molar-refractivity contribution >= 4 is 10.0 Å². The highest BCUT2D eigenvalue weighted by Gasteiger charge is 2.18. The average molecular weight is 291 g/mol. The van der Waals surface area contributed by atoms with Crippen molar-refractivity contribution in [2.45, 2.75) is 18.4 Å². The van der Waals surface area contributed by atoms with Crippen molar-refractivity contribution in [1.82, 2.24) is 4.31 Å². The molecule has 2 aromatic rings. The Kier molecular flexibility index (Phi) is 4.20. The fraction of sp³-hybridized carbons (Fsp3) is 0.267. The summed E-state index contributed by atoms with van der Waals surface area (Å²) in [6.07, 6.45) is 1.99. The van der Waals surface area contributed by atoms with Gasteiger partial charge in [0.25, 0.3) is 0 Å². The van der Waals surface area contributed by atoms with Gasteiger partial charge in [-0.15, -0.1) is 0 Å². The first-order valence-electron chi connectivity index (χ1n) is 6.38. The molecule has 0 saturated heterocycles. The van der Waals surface area contributed by atoms with Gasteiger partial charge in [-0.05, 0) is 12.1 Å². The van der Waals surface area contributed by atoms with E-state index < -0.39 is 10.0 Å². The van der Waals surface area contributed by atoms with Gasteiger partial charge >= 0.3 is 0 Å². The fourth-order valence-electron chi connectivity index (χ4n) is 1.95. The molecule has 0 amide bonds. The SMILES string of the molecule is Cc1cccc[n+]1Cc1cccc(S(=O)(=O)N(C)C)c1. The minimum atomic E-state index is -3.38. The zero-order valence-electron chi connectivity index (χ0n) is 11.9. The third-order valence-electron chi connectivity index (χ3n) is 3.20. The topological polar surface area (TPSA) is 41.3 Å². The maximum atomic E-state index is 12.1. The van der Waals surface area contributed by atoms with E-state index in [-0.39, 0.29) is 0 Å². The van der Waals surface area contributed by atoms with Gasteiger partial charge in [-0.3, -0.25) is 0 Å². The predicted octanol–water partition coefficient (Wildman–Crippen LogP) is 1.58. The molecule has 20 heavy (non-hydrogen) atoms. The summed E-state index contributed by atoms with van der Waals surface area (Å²) < 4.78 is 27.6. The normalized spacial score (nSPS) is 11.8. The smallest absolute Gasteiger partial charge is 0.207 e. The van der Waals surface area contributed by atoms with E-state index >= 15 is 0 Å². The van der Waals surface area contributed by atoms with E-state index in [0.29, 0.717) is 11.4 Å². The van der Waals surface area contributed by atoms with Crippen molar-refractivity contribution in [2.24, 2.45) is 0 Å². The maximum Gasteiger partial charge on any atom is 0.242 e. The number of aryl methyl sites for hydroxylation is 1. The van der Waals surface area contributed by atoms with E-state index in [1.807, 2.05) is 37.4 Å². The Labute approximate surface area is 120 Å². The minimum absolute atomic E-state index is 0.328. The molecule has 0 spiro atoms. The van der Waals surface area contributed by atoms with Gasteiger partial charge in [-0.1, -0.05) is 18.2 Å². The van der Waals surface area contributed by atoms with Crippen molar-refractivity contribution in [3.63, 3.8) is 0 Å². The molecule has 1 aromatic heterocycles. The van der Waals surface area contributed by atoms with E-state index in [9.17, 15) is 8.42 Å². The van der Waals surface area contributed by atoms with Gasteiger partial charge < -0.3 is 0 Å². The second kappa shape index (κ2) is 5.73. The average Bonchev–Trinajstić information content (AvgIpc) is 2.41. The Bertz CT molecular complexity index is 709. The van der Waals surface area contributed by atoms with Gasteiger partial charge in [0.1, 0.15) is 0 Å². The molecule has 0 fully saturated rings. The van der Waals surface area contributed by atoms with Crippen LogP contribution in [0.1, 0.15) is 11.3 Å². The second-order valence-corrected chi connectivity index (χ2v) is 7.06. The van der Waals surface area contributed by atoms with E-state index in [0.717, 1.165) is 11.3 Å². The molecule has 0 saturated carbocycles. The molecule has 106 valence electrons. The van der Waals surface area contributed by atoms with Crippen molar-refractivity contribution in [2.75, 3.05) is 14.1 Å². The summed E-state index contributed by atoms with van der Waals surface area (Å²) in [6.45, 7) is 2.68. The molecule has 0 aliphatic carbocycles. The quantitative estimate of drug-likeness (QED) is 0.803. The lowest BCUT2D eigenvalue weighted by Gasteiger charge is -2.11. The van der Waals surface area contributed by atoms with Gasteiger partial charge in [0.15, 0.2) is 18.4 Å². The molecule has 5 heteroatoms. The largest absolute Gasteiger partial charge is 0.242 e. The standard InChI is InChI=1S/C15H19N2O2S/c1-13-7-4-5-10-17(13)12-14-8-6-9-15(11-14)20(18,19)16(2)3/h4-11H,12H2,1-3H3/q+1. The number of benzene rings is 1. The summed E-state index contributed by atoms with van der Waals surface area (Å²) in [5, 5.41) is 0. The van der Waals surface area contributed by atoms with Crippen LogP contribution in [0.4, 0.5) is 0 Å². The summed E-state index contributed by atoms with van der Waals surface area (Å²) >= 11 is 0. The van der Waals surface area contributed by atoms with Crippen LogP contribution < -0.4 is 4.57 Å². The van der Waals surface area contributed by atoms with Gasteiger partial charge in [0.05, 0.1) is 4.90 Å². The Morgan fingerprint density at radius 3 is 2.50 bits per heavy atom. The minimum Gasteiger partial charge on any atom is -0.207 e. The molecular weight excluding hydrogens is 272 g/mol. The lowest BCUT2D eigenvalue weighted by atomic mass is 10.2. The summed E-state index contributed by atoms with van der Waals surface area (Å²) in [7, 11) is -0.298. The van der Waals surface area contributed by atoms with E-state index in [4.69, 9.17) is 0 Å². The summed E-state index contributed by atoms with van der Waals surface area (Å²) in [6, 6.07) is 13.1. The first-order valence-corrected chi connectivity index (χ1v) is 7.82. The number of sulfonamides is 1. The van der Waals surface area contributed by atoms with Crippen molar-refractivity contribution in [1.29, 1.82) is 0 Å². The number of nitrogens with zero attached hydrogens (tertiary/aromatic N) is 2. The van der Waals surface area contributed by atoms with Crippen LogP contribution in [0.15, 0.2) is 53.6 Å². The predicted molar refractivity (Wildman–Crippen MR) is 77.8 cm³/mol. The summed E-state index contributed by atoms with van der Waals surface area (Å²) in [5.74, 6) is 0. The molecule has 1 aromatic carbocycles. The molecule has 0 bridgehead atoms. The highest BCUT2D eigenvalue weighted by atomic mass is 32.2. The van der Waals surface area contributed by atoms with Crippen LogP contribution in [0.25, 0.3) is 0 Å². The van der Waals surface area contributed by atoms with Gasteiger partial charge in [0, 0.05) is 38.7 Å². The highest BCUT2D eigenvalue weighted by molar-refractivity contribution is 7.89. The molecule has 2 rings (SSSR count). The van der Waals surface area contributed by atoms with Gasteiger partial charge in [-0.25, -0.2) is 12.7 Å².